The number of allylic oxidation sites excluding steroid dienone is 1. The molecule has 1 aliphatic carbocycles. The van der Waals surface area contributed by atoms with Crippen LogP contribution in [-0.2, 0) is 18.5 Å². The largest absolute Gasteiger partial charge is 0.413 e. The van der Waals surface area contributed by atoms with Crippen molar-refractivity contribution in [2.75, 3.05) is 12.8 Å². The SMILES string of the molecule is C=C1/C(=C\CP(=O)(c2ccccc2)c2ccccc2)C[C@@H](O[Si](C)(C)C(C)(C)C)C[C@H]1OC1CCCCO1. The normalized spacial score (nSPS) is 24.5. The van der Waals surface area contributed by atoms with Gasteiger partial charge in [-0.05, 0) is 55.0 Å². The molecule has 1 aliphatic heterocycles. The van der Waals surface area contributed by atoms with Crippen molar-refractivity contribution in [3.05, 3.63) is 84.5 Å². The molecule has 1 saturated carbocycles. The first-order valence-corrected chi connectivity index (χ1v) is 18.8. The molecule has 0 N–H and O–H groups in total. The highest BCUT2D eigenvalue weighted by Crippen LogP contribution is 2.46. The Bertz CT molecular complexity index is 1100. The molecular weight excluding hydrogens is 507 g/mol. The Morgan fingerprint density at radius 2 is 1.63 bits per heavy atom. The minimum Gasteiger partial charge on any atom is -0.413 e. The third-order valence-electron chi connectivity index (χ3n) is 8.39. The van der Waals surface area contributed by atoms with Gasteiger partial charge in [-0.3, -0.25) is 0 Å². The molecule has 6 heteroatoms. The molecule has 3 atom stereocenters. The maximum absolute atomic E-state index is 14.7. The van der Waals surface area contributed by atoms with E-state index in [2.05, 4.69) is 46.5 Å². The van der Waals surface area contributed by atoms with E-state index in [0.29, 0.717) is 6.16 Å². The van der Waals surface area contributed by atoms with E-state index < -0.39 is 15.5 Å². The number of hydrogen-bond donors (Lipinski definition) is 0. The Labute approximate surface area is 231 Å². The van der Waals surface area contributed by atoms with Crippen LogP contribution < -0.4 is 10.6 Å². The van der Waals surface area contributed by atoms with E-state index in [9.17, 15) is 4.57 Å². The van der Waals surface area contributed by atoms with Gasteiger partial charge < -0.3 is 18.5 Å². The molecule has 1 saturated heterocycles. The zero-order valence-corrected chi connectivity index (χ0v) is 25.7. The van der Waals surface area contributed by atoms with Crippen LogP contribution in [-0.4, -0.2) is 39.6 Å². The predicted molar refractivity (Wildman–Crippen MR) is 162 cm³/mol. The Kier molecular flexibility index (Phi) is 9.37. The molecule has 0 radical (unpaired) electrons. The fourth-order valence-corrected chi connectivity index (χ4v) is 8.89. The maximum atomic E-state index is 14.7. The third-order valence-corrected chi connectivity index (χ3v) is 15.9. The highest BCUT2D eigenvalue weighted by molar-refractivity contribution is 7.78. The summed E-state index contributed by atoms with van der Waals surface area (Å²) < 4.78 is 34.0. The van der Waals surface area contributed by atoms with E-state index in [-0.39, 0.29) is 23.5 Å². The minimum atomic E-state index is -2.87. The van der Waals surface area contributed by atoms with E-state index in [1.54, 1.807) is 0 Å². The molecule has 2 aromatic carbocycles. The first-order valence-electron chi connectivity index (χ1n) is 14.0. The summed E-state index contributed by atoms with van der Waals surface area (Å²) in [6.45, 7) is 16.7. The molecule has 1 unspecified atom stereocenters. The minimum absolute atomic E-state index is 0.0362. The van der Waals surface area contributed by atoms with Crippen LogP contribution in [0.2, 0.25) is 18.1 Å². The number of hydrogen-bond acceptors (Lipinski definition) is 4. The molecule has 4 nitrogen and oxygen atoms in total. The van der Waals surface area contributed by atoms with Gasteiger partial charge in [0.05, 0.1) is 12.2 Å². The second-order valence-corrected chi connectivity index (χ2v) is 19.8. The molecule has 0 aromatic heterocycles. The zero-order chi connectivity index (χ0) is 27.4. The van der Waals surface area contributed by atoms with E-state index >= 15 is 0 Å². The molecule has 0 spiro atoms. The summed E-state index contributed by atoms with van der Waals surface area (Å²) in [5.41, 5.74) is 2.08. The third kappa shape index (κ3) is 6.87. The van der Waals surface area contributed by atoms with Gasteiger partial charge >= 0.3 is 0 Å². The summed E-state index contributed by atoms with van der Waals surface area (Å²) in [5, 5.41) is 1.87. The second kappa shape index (κ2) is 12.2. The van der Waals surface area contributed by atoms with Gasteiger partial charge in [0, 0.05) is 29.8 Å². The molecule has 2 aliphatic rings. The fraction of sp³-hybridized carbons (Fsp3) is 0.500. The van der Waals surface area contributed by atoms with Crippen molar-refractivity contribution in [3.63, 3.8) is 0 Å². The predicted octanol–water partition coefficient (Wildman–Crippen LogP) is 7.58. The molecule has 0 amide bonds. The van der Waals surface area contributed by atoms with Crippen molar-refractivity contribution < 1.29 is 18.5 Å². The van der Waals surface area contributed by atoms with Crippen LogP contribution in [0.4, 0.5) is 0 Å². The van der Waals surface area contributed by atoms with Crippen molar-refractivity contribution in [2.24, 2.45) is 0 Å². The smallest absolute Gasteiger partial charge is 0.192 e. The lowest BCUT2D eigenvalue weighted by Gasteiger charge is -2.43. The van der Waals surface area contributed by atoms with Gasteiger partial charge in [-0.25, -0.2) is 0 Å². The summed E-state index contributed by atoms with van der Waals surface area (Å²) in [6, 6.07) is 19.7. The summed E-state index contributed by atoms with van der Waals surface area (Å²) in [4.78, 5) is 0. The van der Waals surface area contributed by atoms with Crippen LogP contribution in [0.3, 0.4) is 0 Å². The van der Waals surface area contributed by atoms with Crippen molar-refractivity contribution in [1.82, 2.24) is 0 Å². The Balaban J connectivity index is 1.64. The van der Waals surface area contributed by atoms with Gasteiger partial charge in [-0.15, -0.1) is 0 Å². The van der Waals surface area contributed by atoms with Crippen molar-refractivity contribution in [3.8, 4) is 0 Å². The molecule has 2 fully saturated rings. The Morgan fingerprint density at radius 3 is 2.16 bits per heavy atom. The lowest BCUT2D eigenvalue weighted by molar-refractivity contribution is -0.185. The Morgan fingerprint density at radius 1 is 1.03 bits per heavy atom. The van der Waals surface area contributed by atoms with Gasteiger partial charge in [-0.2, -0.15) is 0 Å². The highest BCUT2D eigenvalue weighted by Gasteiger charge is 2.42. The van der Waals surface area contributed by atoms with Crippen LogP contribution in [0, 0.1) is 0 Å². The van der Waals surface area contributed by atoms with E-state index in [0.717, 1.165) is 60.5 Å². The van der Waals surface area contributed by atoms with E-state index in [4.69, 9.17) is 13.9 Å². The quantitative estimate of drug-likeness (QED) is 0.250. The molecule has 1 heterocycles. The molecule has 206 valence electrons. The van der Waals surface area contributed by atoms with Gasteiger partial charge in [0.25, 0.3) is 0 Å². The van der Waals surface area contributed by atoms with Crippen LogP contribution in [0.5, 0.6) is 0 Å². The fourth-order valence-electron chi connectivity index (χ4n) is 5.02. The first kappa shape index (κ1) is 29.2. The van der Waals surface area contributed by atoms with Crippen LogP contribution in [0.1, 0.15) is 52.9 Å². The molecule has 0 bridgehead atoms. The summed E-state index contributed by atoms with van der Waals surface area (Å²) in [7, 11) is -4.86. The summed E-state index contributed by atoms with van der Waals surface area (Å²) >= 11 is 0. The van der Waals surface area contributed by atoms with Crippen LogP contribution in [0.25, 0.3) is 0 Å². The average Bonchev–Trinajstić information content (AvgIpc) is 2.90. The van der Waals surface area contributed by atoms with E-state index in [1.807, 2.05) is 60.7 Å². The van der Waals surface area contributed by atoms with Crippen LogP contribution in [0.15, 0.2) is 84.5 Å². The lowest BCUT2D eigenvalue weighted by atomic mass is 9.86. The molecule has 2 aromatic rings. The monoisotopic (exact) mass is 552 g/mol. The maximum Gasteiger partial charge on any atom is 0.192 e. The zero-order valence-electron chi connectivity index (χ0n) is 23.8. The number of ether oxygens (including phenoxy) is 2. The van der Waals surface area contributed by atoms with Gasteiger partial charge in [0.1, 0.15) is 7.14 Å². The van der Waals surface area contributed by atoms with Gasteiger partial charge in [0.2, 0.25) is 0 Å². The lowest BCUT2D eigenvalue weighted by Crippen LogP contribution is -2.46. The van der Waals surface area contributed by atoms with E-state index in [1.165, 1.54) is 0 Å². The Hall–Kier alpha value is -1.75. The molecular formula is C32H45O4PSi. The van der Waals surface area contributed by atoms with Gasteiger partial charge in [0.15, 0.2) is 14.6 Å². The second-order valence-electron chi connectivity index (χ2n) is 12.2. The van der Waals surface area contributed by atoms with Crippen molar-refractivity contribution in [1.29, 1.82) is 0 Å². The highest BCUT2D eigenvalue weighted by atomic mass is 31.2. The first-order chi connectivity index (χ1) is 18.0. The summed E-state index contributed by atoms with van der Waals surface area (Å²) in [6.07, 6.45) is 6.92. The van der Waals surface area contributed by atoms with Crippen molar-refractivity contribution >= 4 is 26.1 Å². The number of rotatable bonds is 8. The average molecular weight is 553 g/mol. The van der Waals surface area contributed by atoms with Gasteiger partial charge in [-0.1, -0.05) is 94.1 Å². The van der Waals surface area contributed by atoms with Crippen LogP contribution >= 0.6 is 7.14 Å². The summed E-state index contributed by atoms with van der Waals surface area (Å²) in [5.74, 6) is 0. The number of benzene rings is 2. The molecule has 38 heavy (non-hydrogen) atoms. The standard InChI is InChI=1S/C32H45O4PSi/c1-25-26(20-22-37(33,28-15-9-7-10-16-28)29-17-11-8-12-18-29)23-27(36-38(5,6)32(2,3)4)24-30(25)35-31-19-13-14-21-34-31/h7-12,15-18,20,27,30-31H,1,13-14,19,21-24H2,2-6H3/b26-20-/t27-,30-,31?/m1/s1. The van der Waals surface area contributed by atoms with Crippen molar-refractivity contribution in [2.45, 2.75) is 89.5 Å². The molecule has 4 rings (SSSR count). The topological polar surface area (TPSA) is 44.8 Å².